The van der Waals surface area contributed by atoms with Gasteiger partial charge in [0.2, 0.25) is 5.91 Å². The fourth-order valence-corrected chi connectivity index (χ4v) is 2.32. The molecule has 1 fully saturated rings. The molecule has 0 unspecified atom stereocenters. The molecule has 0 spiro atoms. The van der Waals surface area contributed by atoms with Crippen molar-refractivity contribution in [1.82, 2.24) is 4.90 Å². The van der Waals surface area contributed by atoms with Gasteiger partial charge in [-0.2, -0.15) is 0 Å². The summed E-state index contributed by atoms with van der Waals surface area (Å²) in [6, 6.07) is 8.36. The molecule has 3 heteroatoms. The van der Waals surface area contributed by atoms with Gasteiger partial charge in [0.15, 0.2) is 0 Å². The third-order valence-electron chi connectivity index (χ3n) is 3.07. The number of hydrogen-bond acceptors (Lipinski definition) is 1. The SMILES string of the molecule is CC(=O)N1CC(C)(c2ccc(Br)cc2)C1. The smallest absolute Gasteiger partial charge is 0.219 e. The quantitative estimate of drug-likeness (QED) is 0.766. The minimum Gasteiger partial charge on any atom is -0.341 e. The van der Waals surface area contributed by atoms with Crippen LogP contribution >= 0.6 is 15.9 Å². The van der Waals surface area contributed by atoms with Crippen molar-refractivity contribution in [2.24, 2.45) is 0 Å². The van der Waals surface area contributed by atoms with E-state index in [1.165, 1.54) is 5.56 Å². The Morgan fingerprint density at radius 3 is 2.33 bits per heavy atom. The maximum atomic E-state index is 11.1. The predicted octanol–water partition coefficient (Wildman–Crippen LogP) is 2.57. The van der Waals surface area contributed by atoms with Crippen LogP contribution in [-0.4, -0.2) is 23.9 Å². The fourth-order valence-electron chi connectivity index (χ4n) is 2.05. The molecule has 15 heavy (non-hydrogen) atoms. The molecular formula is C12H14BrNO. The van der Waals surface area contributed by atoms with E-state index >= 15 is 0 Å². The van der Waals surface area contributed by atoms with E-state index in [2.05, 4.69) is 47.1 Å². The average molecular weight is 268 g/mol. The molecule has 1 saturated heterocycles. The van der Waals surface area contributed by atoms with Crippen molar-refractivity contribution in [3.05, 3.63) is 34.3 Å². The lowest BCUT2D eigenvalue weighted by atomic mass is 9.75. The molecule has 0 bridgehead atoms. The first-order chi connectivity index (χ1) is 7.01. The maximum Gasteiger partial charge on any atom is 0.219 e. The van der Waals surface area contributed by atoms with Crippen LogP contribution in [0.3, 0.4) is 0 Å². The summed E-state index contributed by atoms with van der Waals surface area (Å²) in [6.45, 7) is 5.50. The Morgan fingerprint density at radius 1 is 1.33 bits per heavy atom. The molecule has 0 aromatic heterocycles. The number of halogens is 1. The Bertz CT molecular complexity index is 379. The van der Waals surface area contributed by atoms with Gasteiger partial charge in [0, 0.05) is 29.9 Å². The largest absolute Gasteiger partial charge is 0.341 e. The van der Waals surface area contributed by atoms with E-state index < -0.39 is 0 Å². The first kappa shape index (κ1) is 10.7. The maximum absolute atomic E-state index is 11.1. The van der Waals surface area contributed by atoms with E-state index in [9.17, 15) is 4.79 Å². The second kappa shape index (κ2) is 3.63. The predicted molar refractivity (Wildman–Crippen MR) is 63.7 cm³/mol. The van der Waals surface area contributed by atoms with Crippen LogP contribution in [0.2, 0.25) is 0 Å². The van der Waals surface area contributed by atoms with Gasteiger partial charge in [-0.05, 0) is 17.7 Å². The molecule has 0 radical (unpaired) electrons. The van der Waals surface area contributed by atoms with Crippen LogP contribution < -0.4 is 0 Å². The van der Waals surface area contributed by atoms with Crippen molar-refractivity contribution in [3.8, 4) is 0 Å². The summed E-state index contributed by atoms with van der Waals surface area (Å²) in [5.41, 5.74) is 1.45. The van der Waals surface area contributed by atoms with Gasteiger partial charge < -0.3 is 4.90 Å². The lowest BCUT2D eigenvalue weighted by Gasteiger charge is -2.48. The Kier molecular flexibility index (Phi) is 2.59. The summed E-state index contributed by atoms with van der Waals surface area (Å²) in [4.78, 5) is 13.0. The highest BCUT2D eigenvalue weighted by atomic mass is 79.9. The highest BCUT2D eigenvalue weighted by Gasteiger charge is 2.41. The Morgan fingerprint density at radius 2 is 1.87 bits per heavy atom. The van der Waals surface area contributed by atoms with Gasteiger partial charge in [-0.3, -0.25) is 4.79 Å². The van der Waals surface area contributed by atoms with E-state index in [-0.39, 0.29) is 11.3 Å². The first-order valence-electron chi connectivity index (χ1n) is 5.03. The second-order valence-corrected chi connectivity index (χ2v) is 5.36. The molecule has 1 heterocycles. The zero-order valence-electron chi connectivity index (χ0n) is 8.96. The minimum absolute atomic E-state index is 0.145. The van der Waals surface area contributed by atoms with E-state index in [1.807, 2.05) is 4.90 Å². The fraction of sp³-hybridized carbons (Fsp3) is 0.417. The van der Waals surface area contributed by atoms with Crippen molar-refractivity contribution in [1.29, 1.82) is 0 Å². The van der Waals surface area contributed by atoms with Gasteiger partial charge in [0.05, 0.1) is 0 Å². The van der Waals surface area contributed by atoms with Crippen LogP contribution in [0.15, 0.2) is 28.7 Å². The van der Waals surface area contributed by atoms with E-state index in [1.54, 1.807) is 6.92 Å². The van der Waals surface area contributed by atoms with Crippen molar-refractivity contribution < 1.29 is 4.79 Å². The van der Waals surface area contributed by atoms with E-state index in [0.29, 0.717) is 0 Å². The third kappa shape index (κ3) is 1.93. The molecule has 0 N–H and O–H groups in total. The lowest BCUT2D eigenvalue weighted by molar-refractivity contribution is -0.136. The van der Waals surface area contributed by atoms with Crippen LogP contribution in [0.25, 0.3) is 0 Å². The van der Waals surface area contributed by atoms with Gasteiger partial charge >= 0.3 is 0 Å². The normalized spacial score (nSPS) is 18.5. The highest BCUT2D eigenvalue weighted by Crippen LogP contribution is 2.34. The van der Waals surface area contributed by atoms with Crippen LogP contribution in [0, 0.1) is 0 Å². The van der Waals surface area contributed by atoms with Crippen LogP contribution in [0.5, 0.6) is 0 Å². The standard InChI is InChI=1S/C12H14BrNO/c1-9(15)14-7-12(2,8-14)10-3-5-11(13)6-4-10/h3-6H,7-8H2,1-2H3. The number of nitrogens with zero attached hydrogens (tertiary/aromatic N) is 1. The van der Waals surface area contributed by atoms with Crippen molar-refractivity contribution >= 4 is 21.8 Å². The van der Waals surface area contributed by atoms with E-state index in [0.717, 1.165) is 17.6 Å². The van der Waals surface area contributed by atoms with Crippen molar-refractivity contribution in [2.75, 3.05) is 13.1 Å². The number of hydrogen-bond donors (Lipinski definition) is 0. The summed E-state index contributed by atoms with van der Waals surface area (Å²) in [5, 5.41) is 0. The van der Waals surface area contributed by atoms with Gasteiger partial charge in [0.1, 0.15) is 0 Å². The number of rotatable bonds is 1. The zero-order valence-corrected chi connectivity index (χ0v) is 10.5. The highest BCUT2D eigenvalue weighted by molar-refractivity contribution is 9.10. The Hall–Kier alpha value is -0.830. The molecule has 1 aliphatic rings. The molecule has 2 nitrogen and oxygen atoms in total. The monoisotopic (exact) mass is 267 g/mol. The number of benzene rings is 1. The topological polar surface area (TPSA) is 20.3 Å². The molecule has 0 saturated carbocycles. The second-order valence-electron chi connectivity index (χ2n) is 4.44. The van der Waals surface area contributed by atoms with Gasteiger partial charge in [-0.25, -0.2) is 0 Å². The first-order valence-corrected chi connectivity index (χ1v) is 5.82. The Labute approximate surface area is 98.4 Å². The zero-order chi connectivity index (χ0) is 11.1. The van der Waals surface area contributed by atoms with Crippen LogP contribution in [0.4, 0.5) is 0 Å². The van der Waals surface area contributed by atoms with Crippen LogP contribution in [-0.2, 0) is 10.2 Å². The number of carbonyl (C=O) groups is 1. The lowest BCUT2D eigenvalue weighted by Crippen LogP contribution is -2.59. The molecule has 1 amide bonds. The summed E-state index contributed by atoms with van der Waals surface area (Å²) in [6.07, 6.45) is 0. The Balaban J connectivity index is 2.13. The summed E-state index contributed by atoms with van der Waals surface area (Å²) in [7, 11) is 0. The summed E-state index contributed by atoms with van der Waals surface area (Å²) >= 11 is 3.42. The number of carbonyl (C=O) groups excluding carboxylic acids is 1. The number of likely N-dealkylation sites (tertiary alicyclic amines) is 1. The molecule has 0 aliphatic carbocycles. The third-order valence-corrected chi connectivity index (χ3v) is 3.59. The van der Waals surface area contributed by atoms with E-state index in [4.69, 9.17) is 0 Å². The summed E-state index contributed by atoms with van der Waals surface area (Å²) in [5.74, 6) is 0.171. The molecule has 1 aromatic rings. The molecule has 80 valence electrons. The van der Waals surface area contributed by atoms with Gasteiger partial charge in [-0.15, -0.1) is 0 Å². The average Bonchev–Trinajstić information content (AvgIpc) is 2.13. The minimum atomic E-state index is 0.145. The van der Waals surface area contributed by atoms with Crippen LogP contribution in [0.1, 0.15) is 19.4 Å². The van der Waals surface area contributed by atoms with Crippen molar-refractivity contribution in [3.63, 3.8) is 0 Å². The molecule has 2 rings (SSSR count). The number of amides is 1. The molecule has 1 aliphatic heterocycles. The van der Waals surface area contributed by atoms with Crippen molar-refractivity contribution in [2.45, 2.75) is 19.3 Å². The molecule has 0 atom stereocenters. The summed E-state index contributed by atoms with van der Waals surface area (Å²) < 4.78 is 1.09. The van der Waals surface area contributed by atoms with Gasteiger partial charge in [0.25, 0.3) is 0 Å². The van der Waals surface area contributed by atoms with Gasteiger partial charge in [-0.1, -0.05) is 35.0 Å². The molecule has 1 aromatic carbocycles. The molecular weight excluding hydrogens is 254 g/mol.